The second-order valence-electron chi connectivity index (χ2n) is 7.46. The molecule has 3 aromatic carbocycles. The van der Waals surface area contributed by atoms with Crippen LogP contribution < -0.4 is 10.9 Å². The van der Waals surface area contributed by atoms with Crippen molar-refractivity contribution in [2.24, 2.45) is 0 Å². The first-order chi connectivity index (χ1) is 15.7. The fourth-order valence-electron chi connectivity index (χ4n) is 3.36. The molecule has 1 amide bonds. The first kappa shape index (κ1) is 21.4. The molecule has 0 fully saturated rings. The number of rotatable bonds is 9. The normalized spacial score (nSPS) is 10.9. The van der Waals surface area contributed by atoms with Crippen molar-refractivity contribution in [3.8, 4) is 0 Å². The Morgan fingerprint density at radius 1 is 0.875 bits per heavy atom. The minimum atomic E-state index is -0.244. The minimum absolute atomic E-state index is 0.146. The number of amides is 1. The molecule has 7 nitrogen and oxygen atoms in total. The highest BCUT2D eigenvalue weighted by Crippen LogP contribution is 2.09. The van der Waals surface area contributed by atoms with Gasteiger partial charge in [0.25, 0.3) is 5.56 Å². The molecule has 0 radical (unpaired) electrons. The Morgan fingerprint density at radius 3 is 2.47 bits per heavy atom. The van der Waals surface area contributed by atoms with Crippen LogP contribution in [-0.4, -0.2) is 20.9 Å². The predicted molar refractivity (Wildman–Crippen MR) is 122 cm³/mol. The molecule has 1 aromatic heterocycles. The number of benzene rings is 3. The summed E-state index contributed by atoms with van der Waals surface area (Å²) in [5.41, 5.74) is 3.47. The highest BCUT2D eigenvalue weighted by molar-refractivity contribution is 5.77. The molecule has 4 rings (SSSR count). The molecule has 0 aliphatic rings. The highest BCUT2D eigenvalue weighted by Gasteiger charge is 2.08. The van der Waals surface area contributed by atoms with Gasteiger partial charge in [0.2, 0.25) is 5.91 Å². The molecule has 0 atom stereocenters. The Hall–Kier alpha value is -3.84. The fraction of sp³-hybridized carbons (Fsp3) is 0.200. The first-order valence-electron chi connectivity index (χ1n) is 10.5. The van der Waals surface area contributed by atoms with Gasteiger partial charge in [0.1, 0.15) is 5.52 Å². The van der Waals surface area contributed by atoms with Crippen LogP contribution >= 0.6 is 0 Å². The zero-order valence-electron chi connectivity index (χ0n) is 17.6. The summed E-state index contributed by atoms with van der Waals surface area (Å²) < 4.78 is 7.01. The van der Waals surface area contributed by atoms with Gasteiger partial charge in [-0.25, -0.2) is 4.68 Å². The van der Waals surface area contributed by atoms with Crippen LogP contribution in [0.3, 0.4) is 0 Å². The largest absolute Gasteiger partial charge is 0.372 e. The van der Waals surface area contributed by atoms with Crippen LogP contribution in [0.5, 0.6) is 0 Å². The zero-order valence-corrected chi connectivity index (χ0v) is 17.6. The van der Waals surface area contributed by atoms with Crippen LogP contribution in [0.2, 0.25) is 0 Å². The summed E-state index contributed by atoms with van der Waals surface area (Å²) in [6.07, 6.45) is 0.146. The Labute approximate surface area is 185 Å². The Morgan fingerprint density at radius 2 is 1.59 bits per heavy atom. The molecule has 0 saturated carbocycles. The van der Waals surface area contributed by atoms with E-state index in [1.54, 1.807) is 24.3 Å². The zero-order chi connectivity index (χ0) is 22.2. The maximum absolute atomic E-state index is 12.5. The smallest absolute Gasteiger partial charge is 0.277 e. The number of fused-ring (bicyclic) bond motifs is 1. The van der Waals surface area contributed by atoms with Crippen molar-refractivity contribution in [1.29, 1.82) is 0 Å². The molecule has 1 heterocycles. The number of aryl methyl sites for hydroxylation is 1. The van der Waals surface area contributed by atoms with Crippen LogP contribution in [0.1, 0.15) is 23.1 Å². The molecular formula is C25H24N4O3. The van der Waals surface area contributed by atoms with Gasteiger partial charge in [0, 0.05) is 13.0 Å². The van der Waals surface area contributed by atoms with E-state index in [0.29, 0.717) is 30.7 Å². The number of nitrogens with zero attached hydrogens (tertiary/aromatic N) is 3. The number of hydrogen-bond acceptors (Lipinski definition) is 5. The van der Waals surface area contributed by atoms with E-state index in [2.05, 4.69) is 15.6 Å². The first-order valence-corrected chi connectivity index (χ1v) is 10.5. The Balaban J connectivity index is 1.25. The van der Waals surface area contributed by atoms with Crippen LogP contribution in [0.15, 0.2) is 83.7 Å². The second kappa shape index (κ2) is 10.5. The van der Waals surface area contributed by atoms with E-state index in [9.17, 15) is 9.59 Å². The van der Waals surface area contributed by atoms with E-state index in [-0.39, 0.29) is 24.4 Å². The average molecular weight is 428 g/mol. The summed E-state index contributed by atoms with van der Waals surface area (Å²) in [7, 11) is 0. The molecular weight excluding hydrogens is 404 g/mol. The minimum Gasteiger partial charge on any atom is -0.372 e. The van der Waals surface area contributed by atoms with E-state index in [1.165, 1.54) is 4.68 Å². The van der Waals surface area contributed by atoms with Gasteiger partial charge in [-0.3, -0.25) is 9.59 Å². The summed E-state index contributed by atoms with van der Waals surface area (Å²) in [5, 5.41) is 11.3. The predicted octanol–water partition coefficient (Wildman–Crippen LogP) is 3.21. The lowest BCUT2D eigenvalue weighted by molar-refractivity contribution is -0.121. The third-order valence-electron chi connectivity index (χ3n) is 5.04. The van der Waals surface area contributed by atoms with E-state index in [4.69, 9.17) is 4.74 Å². The van der Waals surface area contributed by atoms with Crippen molar-refractivity contribution < 1.29 is 9.53 Å². The van der Waals surface area contributed by atoms with Gasteiger partial charge in [0.05, 0.1) is 25.1 Å². The van der Waals surface area contributed by atoms with Gasteiger partial charge in [0.15, 0.2) is 0 Å². The van der Waals surface area contributed by atoms with Gasteiger partial charge >= 0.3 is 0 Å². The number of carbonyl (C=O) groups excluding carboxylic acids is 1. The molecule has 4 aromatic rings. The highest BCUT2D eigenvalue weighted by atomic mass is 16.5. The molecule has 0 bridgehead atoms. The topological polar surface area (TPSA) is 86.1 Å². The third kappa shape index (κ3) is 5.65. The number of ether oxygens (including phenoxy) is 1. The number of aromatic nitrogens is 3. The third-order valence-corrected chi connectivity index (χ3v) is 5.04. The van der Waals surface area contributed by atoms with Gasteiger partial charge in [-0.1, -0.05) is 71.9 Å². The monoisotopic (exact) mass is 428 g/mol. The van der Waals surface area contributed by atoms with Crippen LogP contribution in [0, 0.1) is 0 Å². The lowest BCUT2D eigenvalue weighted by atomic mass is 10.1. The van der Waals surface area contributed by atoms with Crippen LogP contribution in [-0.2, 0) is 35.8 Å². The Kier molecular flexibility index (Phi) is 6.99. The Bertz CT molecular complexity index is 1250. The summed E-state index contributed by atoms with van der Waals surface area (Å²) in [6, 6.07) is 25.0. The maximum Gasteiger partial charge on any atom is 0.277 e. The van der Waals surface area contributed by atoms with Crippen LogP contribution in [0.4, 0.5) is 0 Å². The quantitative estimate of drug-likeness (QED) is 0.442. The average Bonchev–Trinajstić information content (AvgIpc) is 2.83. The van der Waals surface area contributed by atoms with Crippen molar-refractivity contribution in [3.05, 3.63) is 106 Å². The van der Waals surface area contributed by atoms with E-state index >= 15 is 0 Å². The van der Waals surface area contributed by atoms with Crippen LogP contribution in [0.25, 0.3) is 10.9 Å². The molecule has 1 N–H and O–H groups in total. The van der Waals surface area contributed by atoms with E-state index < -0.39 is 0 Å². The molecule has 32 heavy (non-hydrogen) atoms. The van der Waals surface area contributed by atoms with Gasteiger partial charge in [-0.05, 0) is 28.8 Å². The molecule has 162 valence electrons. The summed E-state index contributed by atoms with van der Waals surface area (Å²) in [6.45, 7) is 1.64. The SMILES string of the molecule is O=C(CCn1nnc2ccccc2c1=O)NCc1cccc(COCc2ccccc2)c1. The molecule has 7 heteroatoms. The van der Waals surface area contributed by atoms with Crippen molar-refractivity contribution in [2.75, 3.05) is 0 Å². The van der Waals surface area contributed by atoms with Crippen molar-refractivity contribution in [1.82, 2.24) is 20.3 Å². The van der Waals surface area contributed by atoms with Crippen molar-refractivity contribution in [2.45, 2.75) is 32.7 Å². The molecule has 0 aliphatic heterocycles. The number of carbonyl (C=O) groups is 1. The molecule has 0 spiro atoms. The van der Waals surface area contributed by atoms with E-state index in [1.807, 2.05) is 54.6 Å². The van der Waals surface area contributed by atoms with E-state index in [0.717, 1.165) is 16.7 Å². The maximum atomic E-state index is 12.5. The lowest BCUT2D eigenvalue weighted by Crippen LogP contribution is -2.29. The lowest BCUT2D eigenvalue weighted by Gasteiger charge is -2.09. The fourth-order valence-corrected chi connectivity index (χ4v) is 3.36. The number of nitrogens with one attached hydrogen (secondary N) is 1. The molecule has 0 aliphatic carbocycles. The summed E-state index contributed by atoms with van der Waals surface area (Å²) in [5.74, 6) is -0.155. The van der Waals surface area contributed by atoms with Crippen molar-refractivity contribution in [3.63, 3.8) is 0 Å². The van der Waals surface area contributed by atoms with Gasteiger partial charge < -0.3 is 10.1 Å². The van der Waals surface area contributed by atoms with Crippen molar-refractivity contribution >= 4 is 16.8 Å². The number of hydrogen-bond donors (Lipinski definition) is 1. The van der Waals surface area contributed by atoms with Gasteiger partial charge in [-0.15, -0.1) is 5.10 Å². The van der Waals surface area contributed by atoms with Gasteiger partial charge in [-0.2, -0.15) is 0 Å². The summed E-state index contributed by atoms with van der Waals surface area (Å²) >= 11 is 0. The standard InChI is InChI=1S/C25H24N4O3/c30-24(13-14-29-25(31)22-11-4-5-12-23(22)27-28-29)26-16-20-9-6-10-21(15-20)18-32-17-19-7-2-1-3-8-19/h1-12,15H,13-14,16-18H2,(H,26,30). The second-order valence-corrected chi connectivity index (χ2v) is 7.46. The molecule has 0 unspecified atom stereocenters. The molecule has 0 saturated heterocycles. The summed E-state index contributed by atoms with van der Waals surface area (Å²) in [4.78, 5) is 24.7.